The van der Waals surface area contributed by atoms with Gasteiger partial charge in [-0.1, -0.05) is 71.8 Å². The molecule has 4 aliphatic rings. The molecule has 0 spiro atoms. The van der Waals surface area contributed by atoms with Crippen molar-refractivity contribution >= 4 is 46.9 Å². The summed E-state index contributed by atoms with van der Waals surface area (Å²) < 4.78 is 0. The molecule has 0 radical (unpaired) electrons. The van der Waals surface area contributed by atoms with Gasteiger partial charge < -0.3 is 10.2 Å². The van der Waals surface area contributed by atoms with Crippen LogP contribution >= 0.6 is 11.6 Å². The van der Waals surface area contributed by atoms with E-state index in [9.17, 15) is 29.4 Å². The second kappa shape index (κ2) is 10.9. The highest BCUT2D eigenvalue weighted by molar-refractivity contribution is 6.32. The number of rotatable bonds is 6. The van der Waals surface area contributed by atoms with Gasteiger partial charge in [0.05, 0.1) is 35.3 Å². The van der Waals surface area contributed by atoms with E-state index >= 15 is 4.79 Å². The monoisotopic (exact) mass is 638 g/mol. The summed E-state index contributed by atoms with van der Waals surface area (Å²) in [5.41, 5.74) is 1.66. The van der Waals surface area contributed by atoms with Crippen molar-refractivity contribution in [1.82, 2.24) is 4.90 Å². The molecule has 2 heterocycles. The minimum Gasteiger partial charge on any atom is -0.508 e. The van der Waals surface area contributed by atoms with Gasteiger partial charge in [0, 0.05) is 17.5 Å². The Bertz CT molecular complexity index is 1860. The van der Waals surface area contributed by atoms with Gasteiger partial charge in [-0.15, -0.1) is 0 Å². The van der Waals surface area contributed by atoms with E-state index < -0.39 is 64.6 Å². The Morgan fingerprint density at radius 1 is 0.935 bits per heavy atom. The number of carbonyl (C=O) groups excluding carboxylic acids is 4. The number of benzene rings is 3. The van der Waals surface area contributed by atoms with Gasteiger partial charge in [-0.25, -0.2) is 4.90 Å². The molecule has 0 unspecified atom stereocenters. The highest BCUT2D eigenvalue weighted by atomic mass is 35.5. The molecule has 2 saturated heterocycles. The fraction of sp³-hybridized carbons (Fsp3) is 0.306. The number of aliphatic carboxylic acids is 1. The molecule has 9 nitrogen and oxygen atoms in total. The zero-order valence-corrected chi connectivity index (χ0v) is 25.7. The van der Waals surface area contributed by atoms with Crippen molar-refractivity contribution in [3.63, 3.8) is 0 Å². The quantitative estimate of drug-likeness (QED) is 0.287. The van der Waals surface area contributed by atoms with Crippen molar-refractivity contribution in [2.75, 3.05) is 11.4 Å². The summed E-state index contributed by atoms with van der Waals surface area (Å²) in [6.45, 7) is 1.54. The molecule has 2 N–H and O–H groups in total. The number of likely N-dealkylation sites (tertiary alicyclic amines) is 1. The SMILES string of the molecule is Cc1cc([C@H]2C3=CC[C@@H]4C(=O)N(CCC(=O)O)C(=O)[C@@H]4[C@@H]3C[C@H]3C(=O)N(c4cccc(Cl)c4)C(=O)[C@@]23c2ccccc2)ccc1O. The molecule has 4 amide bonds. The second-order valence-corrected chi connectivity index (χ2v) is 13.0. The maximum absolute atomic E-state index is 15.1. The molecule has 10 heteroatoms. The summed E-state index contributed by atoms with van der Waals surface area (Å²) >= 11 is 6.34. The lowest BCUT2D eigenvalue weighted by Gasteiger charge is -2.50. The standard InChI is InChI=1S/C36H31ClN2O7/c1-19-16-20(10-13-28(19)40)31-24-11-12-25-30(34(45)38(32(25)43)15-14-29(41)42)26(24)18-27-33(44)39(23-9-5-8-22(37)17-23)35(46)36(27,31)21-6-3-2-4-7-21/h2-11,13,16-17,25-27,30-31,40H,12,14-15,18H2,1H3,(H,41,42)/t25-,26+,27-,30-,31-,36+/m0/s1. The van der Waals surface area contributed by atoms with Crippen LogP contribution in [0, 0.1) is 30.6 Å². The number of carboxylic acid groups (broad SMARTS) is 1. The average Bonchev–Trinajstić information content (AvgIpc) is 3.42. The fourth-order valence-corrected chi connectivity index (χ4v) is 8.65. The van der Waals surface area contributed by atoms with Crippen LogP contribution in [0.3, 0.4) is 0 Å². The third-order valence-corrected chi connectivity index (χ3v) is 10.6. The van der Waals surface area contributed by atoms with Gasteiger partial charge in [0.15, 0.2) is 0 Å². The van der Waals surface area contributed by atoms with E-state index in [1.165, 1.54) is 4.90 Å². The number of nitrogens with zero attached hydrogens (tertiary/aromatic N) is 2. The first-order chi connectivity index (χ1) is 22.0. The predicted octanol–water partition coefficient (Wildman–Crippen LogP) is 4.99. The minimum absolute atomic E-state index is 0.0825. The van der Waals surface area contributed by atoms with Crippen LogP contribution in [0.1, 0.15) is 41.9 Å². The van der Waals surface area contributed by atoms with E-state index in [0.29, 0.717) is 27.4 Å². The molecule has 234 valence electrons. The number of halogens is 1. The van der Waals surface area contributed by atoms with Crippen molar-refractivity contribution < 1.29 is 34.2 Å². The Morgan fingerprint density at radius 2 is 1.70 bits per heavy atom. The lowest BCUT2D eigenvalue weighted by Crippen LogP contribution is -2.53. The molecule has 6 atom stereocenters. The molecular weight excluding hydrogens is 608 g/mol. The Morgan fingerprint density at radius 3 is 2.39 bits per heavy atom. The zero-order chi connectivity index (χ0) is 32.5. The normalized spacial score (nSPS) is 28.6. The van der Waals surface area contributed by atoms with E-state index in [-0.39, 0.29) is 31.6 Å². The number of hydrogen-bond donors (Lipinski definition) is 2. The summed E-state index contributed by atoms with van der Waals surface area (Å²) in [6, 6.07) is 20.9. The number of aryl methyl sites for hydroxylation is 1. The van der Waals surface area contributed by atoms with E-state index in [2.05, 4.69) is 0 Å². The number of phenolic OH excluding ortho intramolecular Hbond substituents is 1. The van der Waals surface area contributed by atoms with Crippen LogP contribution in [0.25, 0.3) is 0 Å². The smallest absolute Gasteiger partial charge is 0.305 e. The topological polar surface area (TPSA) is 132 Å². The third-order valence-electron chi connectivity index (χ3n) is 10.4. The van der Waals surface area contributed by atoms with E-state index in [1.807, 2.05) is 42.5 Å². The number of allylic oxidation sites excluding steroid dienone is 2. The summed E-state index contributed by atoms with van der Waals surface area (Å²) in [6.07, 6.45) is 1.97. The molecule has 7 rings (SSSR count). The molecule has 2 aliphatic carbocycles. The number of phenols is 1. The summed E-state index contributed by atoms with van der Waals surface area (Å²) in [5.74, 6) is -6.35. The van der Waals surface area contributed by atoms with Crippen molar-refractivity contribution in [3.05, 3.63) is 106 Å². The van der Waals surface area contributed by atoms with Crippen LogP contribution in [0.4, 0.5) is 5.69 Å². The van der Waals surface area contributed by atoms with Crippen LogP contribution in [0.5, 0.6) is 5.75 Å². The molecule has 1 saturated carbocycles. The van der Waals surface area contributed by atoms with Crippen LogP contribution in [-0.4, -0.2) is 51.3 Å². The maximum atomic E-state index is 15.1. The van der Waals surface area contributed by atoms with Gasteiger partial charge in [0.2, 0.25) is 23.6 Å². The predicted molar refractivity (Wildman–Crippen MR) is 168 cm³/mol. The van der Waals surface area contributed by atoms with Gasteiger partial charge in [0.1, 0.15) is 5.75 Å². The summed E-state index contributed by atoms with van der Waals surface area (Å²) in [7, 11) is 0. The highest BCUT2D eigenvalue weighted by Gasteiger charge is 2.70. The number of anilines is 1. The second-order valence-electron chi connectivity index (χ2n) is 12.6. The molecule has 0 bridgehead atoms. The van der Waals surface area contributed by atoms with Gasteiger partial charge in [0.25, 0.3) is 0 Å². The zero-order valence-electron chi connectivity index (χ0n) is 24.9. The largest absolute Gasteiger partial charge is 0.508 e. The number of fused-ring (bicyclic) bond motifs is 4. The Balaban J connectivity index is 1.46. The van der Waals surface area contributed by atoms with Gasteiger partial charge in [-0.2, -0.15) is 0 Å². The van der Waals surface area contributed by atoms with E-state index in [4.69, 9.17) is 11.6 Å². The Kier molecular flexibility index (Phi) is 7.12. The minimum atomic E-state index is -1.41. The van der Waals surface area contributed by atoms with Gasteiger partial charge in [-0.3, -0.25) is 28.9 Å². The van der Waals surface area contributed by atoms with Crippen LogP contribution in [0.2, 0.25) is 5.02 Å². The van der Waals surface area contributed by atoms with Crippen molar-refractivity contribution in [2.45, 2.75) is 37.5 Å². The van der Waals surface area contributed by atoms with Crippen molar-refractivity contribution in [3.8, 4) is 5.75 Å². The van der Waals surface area contributed by atoms with E-state index in [0.717, 1.165) is 10.5 Å². The summed E-state index contributed by atoms with van der Waals surface area (Å²) in [4.78, 5) is 70.8. The molecule has 0 aromatic heterocycles. The highest BCUT2D eigenvalue weighted by Crippen LogP contribution is 2.64. The fourth-order valence-electron chi connectivity index (χ4n) is 8.47. The lowest BCUT2D eigenvalue weighted by atomic mass is 9.49. The Hall–Kier alpha value is -4.76. The van der Waals surface area contributed by atoms with Crippen molar-refractivity contribution in [1.29, 1.82) is 0 Å². The van der Waals surface area contributed by atoms with E-state index in [1.54, 1.807) is 43.3 Å². The van der Waals surface area contributed by atoms with Crippen LogP contribution < -0.4 is 4.90 Å². The van der Waals surface area contributed by atoms with Gasteiger partial charge >= 0.3 is 5.97 Å². The lowest BCUT2D eigenvalue weighted by molar-refractivity contribution is -0.142. The summed E-state index contributed by atoms with van der Waals surface area (Å²) in [5, 5.41) is 20.1. The molecule has 3 aromatic rings. The number of hydrogen-bond acceptors (Lipinski definition) is 6. The number of imide groups is 2. The Labute approximate surface area is 270 Å². The number of carboxylic acids is 1. The maximum Gasteiger partial charge on any atom is 0.305 e. The number of carbonyl (C=O) groups is 5. The molecule has 2 aliphatic heterocycles. The van der Waals surface area contributed by atoms with Gasteiger partial charge in [-0.05, 0) is 66.6 Å². The van der Waals surface area contributed by atoms with Crippen LogP contribution in [-0.2, 0) is 29.4 Å². The molecule has 3 aromatic carbocycles. The van der Waals surface area contributed by atoms with Crippen LogP contribution in [0.15, 0.2) is 84.4 Å². The first-order valence-corrected chi connectivity index (χ1v) is 15.7. The molecule has 46 heavy (non-hydrogen) atoms. The molecule has 3 fully saturated rings. The third kappa shape index (κ3) is 4.25. The first-order valence-electron chi connectivity index (χ1n) is 15.3. The molecular formula is C36H31ClN2O7. The first kappa shape index (κ1) is 29.9. The number of amides is 4. The number of aromatic hydroxyl groups is 1. The van der Waals surface area contributed by atoms with Crippen molar-refractivity contribution in [2.24, 2.45) is 23.7 Å². The average molecular weight is 639 g/mol.